The van der Waals surface area contributed by atoms with Gasteiger partial charge in [0.25, 0.3) is 0 Å². The molecule has 1 fully saturated rings. The van der Waals surface area contributed by atoms with E-state index in [-0.39, 0.29) is 0 Å². The first kappa shape index (κ1) is 15.7. The van der Waals surface area contributed by atoms with Crippen LogP contribution in [0.5, 0.6) is 0 Å². The number of nitrogens with one attached hydrogen (secondary N) is 1. The third-order valence-electron chi connectivity index (χ3n) is 4.51. The summed E-state index contributed by atoms with van der Waals surface area (Å²) < 4.78 is 0. The molecule has 1 saturated carbocycles. The molecular formula is C16H32N2. The standard InChI is InChI=1S/C16H32N2/c1-6-17-15(13-14(4)5)16(11-9-10-12-16)18(7-2)8-3/h15,17H,4,6-13H2,1-3,5H3. The molecular weight excluding hydrogens is 220 g/mol. The summed E-state index contributed by atoms with van der Waals surface area (Å²) in [6.07, 6.45) is 6.58. The lowest BCUT2D eigenvalue weighted by atomic mass is 9.82. The molecule has 1 aliphatic rings. The molecule has 0 aliphatic heterocycles. The fourth-order valence-electron chi connectivity index (χ4n) is 3.77. The van der Waals surface area contributed by atoms with Crippen molar-refractivity contribution in [3.63, 3.8) is 0 Å². The monoisotopic (exact) mass is 252 g/mol. The van der Waals surface area contributed by atoms with Gasteiger partial charge in [-0.15, -0.1) is 6.58 Å². The van der Waals surface area contributed by atoms with Crippen molar-refractivity contribution in [2.45, 2.75) is 71.4 Å². The number of hydrogen-bond acceptors (Lipinski definition) is 2. The van der Waals surface area contributed by atoms with E-state index in [1.165, 1.54) is 31.3 Å². The van der Waals surface area contributed by atoms with E-state index in [1.807, 2.05) is 0 Å². The third kappa shape index (κ3) is 3.36. The molecule has 0 heterocycles. The molecule has 1 rings (SSSR count). The fourth-order valence-corrected chi connectivity index (χ4v) is 3.77. The molecule has 0 spiro atoms. The van der Waals surface area contributed by atoms with Crippen LogP contribution in [-0.2, 0) is 0 Å². The minimum Gasteiger partial charge on any atom is -0.312 e. The zero-order chi connectivity index (χ0) is 13.6. The van der Waals surface area contributed by atoms with Crippen LogP contribution < -0.4 is 5.32 Å². The van der Waals surface area contributed by atoms with E-state index in [9.17, 15) is 0 Å². The quantitative estimate of drug-likeness (QED) is 0.664. The topological polar surface area (TPSA) is 15.3 Å². The van der Waals surface area contributed by atoms with E-state index < -0.39 is 0 Å². The van der Waals surface area contributed by atoms with E-state index in [4.69, 9.17) is 0 Å². The van der Waals surface area contributed by atoms with Crippen LogP contribution in [0, 0.1) is 0 Å². The molecule has 0 saturated heterocycles. The maximum atomic E-state index is 4.13. The van der Waals surface area contributed by atoms with E-state index in [0.29, 0.717) is 11.6 Å². The minimum atomic E-state index is 0.373. The summed E-state index contributed by atoms with van der Waals surface area (Å²) >= 11 is 0. The number of likely N-dealkylation sites (N-methyl/N-ethyl adjacent to an activating group) is 2. The van der Waals surface area contributed by atoms with Crippen molar-refractivity contribution in [2.24, 2.45) is 0 Å². The van der Waals surface area contributed by atoms with Crippen molar-refractivity contribution in [2.75, 3.05) is 19.6 Å². The summed E-state index contributed by atoms with van der Waals surface area (Å²) in [5, 5.41) is 3.74. The zero-order valence-corrected chi connectivity index (χ0v) is 12.9. The molecule has 18 heavy (non-hydrogen) atoms. The Morgan fingerprint density at radius 1 is 1.22 bits per heavy atom. The summed E-state index contributed by atoms with van der Waals surface area (Å²) in [6, 6.07) is 0.572. The highest BCUT2D eigenvalue weighted by Crippen LogP contribution is 2.39. The van der Waals surface area contributed by atoms with Gasteiger partial charge in [0.15, 0.2) is 0 Å². The summed E-state index contributed by atoms with van der Waals surface area (Å²) in [4.78, 5) is 2.69. The van der Waals surface area contributed by atoms with E-state index in [2.05, 4.69) is 44.5 Å². The minimum absolute atomic E-state index is 0.373. The second-order valence-corrected chi connectivity index (χ2v) is 5.75. The van der Waals surface area contributed by atoms with Gasteiger partial charge in [-0.3, -0.25) is 4.90 Å². The summed E-state index contributed by atoms with van der Waals surface area (Å²) in [5.41, 5.74) is 1.68. The highest BCUT2D eigenvalue weighted by atomic mass is 15.2. The van der Waals surface area contributed by atoms with Crippen LogP contribution in [-0.4, -0.2) is 36.1 Å². The van der Waals surface area contributed by atoms with Crippen molar-refractivity contribution < 1.29 is 0 Å². The fraction of sp³-hybridized carbons (Fsp3) is 0.875. The van der Waals surface area contributed by atoms with Crippen molar-refractivity contribution in [1.82, 2.24) is 10.2 Å². The van der Waals surface area contributed by atoms with Gasteiger partial charge in [0.05, 0.1) is 0 Å². The van der Waals surface area contributed by atoms with Crippen LogP contribution in [0.3, 0.4) is 0 Å². The first-order valence-corrected chi connectivity index (χ1v) is 7.73. The van der Waals surface area contributed by atoms with Crippen LogP contribution in [0.25, 0.3) is 0 Å². The van der Waals surface area contributed by atoms with Crippen molar-refractivity contribution in [3.05, 3.63) is 12.2 Å². The highest BCUT2D eigenvalue weighted by molar-refractivity contribution is 5.08. The maximum absolute atomic E-state index is 4.13. The van der Waals surface area contributed by atoms with Gasteiger partial charge in [-0.25, -0.2) is 0 Å². The van der Waals surface area contributed by atoms with E-state index >= 15 is 0 Å². The highest BCUT2D eigenvalue weighted by Gasteiger charge is 2.44. The van der Waals surface area contributed by atoms with Gasteiger partial charge < -0.3 is 5.32 Å². The molecule has 0 amide bonds. The molecule has 2 heteroatoms. The van der Waals surface area contributed by atoms with Crippen LogP contribution in [0.4, 0.5) is 0 Å². The Balaban J connectivity index is 2.94. The van der Waals surface area contributed by atoms with Crippen LogP contribution in [0.1, 0.15) is 59.8 Å². The van der Waals surface area contributed by atoms with Crippen molar-refractivity contribution in [1.29, 1.82) is 0 Å². The van der Waals surface area contributed by atoms with Gasteiger partial charge in [0, 0.05) is 11.6 Å². The molecule has 0 aromatic rings. The number of hydrogen-bond donors (Lipinski definition) is 1. The lowest BCUT2D eigenvalue weighted by molar-refractivity contribution is 0.0636. The second kappa shape index (κ2) is 7.30. The Kier molecular flexibility index (Phi) is 6.37. The molecule has 1 N–H and O–H groups in total. The average Bonchev–Trinajstić information content (AvgIpc) is 2.80. The Bertz CT molecular complexity index is 250. The Morgan fingerprint density at radius 3 is 2.17 bits per heavy atom. The van der Waals surface area contributed by atoms with Crippen LogP contribution >= 0.6 is 0 Å². The SMILES string of the molecule is C=C(C)CC(NCC)C1(N(CC)CC)CCCC1. The van der Waals surface area contributed by atoms with Gasteiger partial charge in [-0.2, -0.15) is 0 Å². The first-order valence-electron chi connectivity index (χ1n) is 7.73. The maximum Gasteiger partial charge on any atom is 0.0365 e. The molecule has 0 aromatic carbocycles. The van der Waals surface area contributed by atoms with E-state index in [1.54, 1.807) is 0 Å². The molecule has 106 valence electrons. The molecule has 1 atom stereocenters. The largest absolute Gasteiger partial charge is 0.312 e. The third-order valence-corrected chi connectivity index (χ3v) is 4.51. The normalized spacial score (nSPS) is 20.3. The van der Waals surface area contributed by atoms with Gasteiger partial charge in [0.2, 0.25) is 0 Å². The van der Waals surface area contributed by atoms with Crippen LogP contribution in [0.15, 0.2) is 12.2 Å². The smallest absolute Gasteiger partial charge is 0.0365 e. The molecule has 1 aliphatic carbocycles. The molecule has 2 nitrogen and oxygen atoms in total. The van der Waals surface area contributed by atoms with Gasteiger partial charge in [-0.05, 0) is 45.8 Å². The van der Waals surface area contributed by atoms with Crippen LogP contribution in [0.2, 0.25) is 0 Å². The van der Waals surface area contributed by atoms with Gasteiger partial charge in [-0.1, -0.05) is 39.2 Å². The average molecular weight is 252 g/mol. The zero-order valence-electron chi connectivity index (χ0n) is 12.9. The predicted octanol–water partition coefficient (Wildman–Crippen LogP) is 3.59. The Labute approximate surface area is 114 Å². The first-order chi connectivity index (χ1) is 8.60. The summed E-state index contributed by atoms with van der Waals surface area (Å²) in [5.74, 6) is 0. The summed E-state index contributed by atoms with van der Waals surface area (Å²) in [6.45, 7) is 16.5. The predicted molar refractivity (Wildman–Crippen MR) is 81.0 cm³/mol. The van der Waals surface area contributed by atoms with Gasteiger partial charge in [0.1, 0.15) is 0 Å². The Hall–Kier alpha value is -0.340. The Morgan fingerprint density at radius 2 is 1.78 bits per heavy atom. The molecule has 0 bridgehead atoms. The number of rotatable bonds is 8. The molecule has 0 radical (unpaired) electrons. The van der Waals surface area contributed by atoms with E-state index in [0.717, 1.165) is 26.1 Å². The molecule has 0 aromatic heterocycles. The van der Waals surface area contributed by atoms with Crippen molar-refractivity contribution >= 4 is 0 Å². The van der Waals surface area contributed by atoms with Gasteiger partial charge >= 0.3 is 0 Å². The summed E-state index contributed by atoms with van der Waals surface area (Å²) in [7, 11) is 0. The second-order valence-electron chi connectivity index (χ2n) is 5.75. The lowest BCUT2D eigenvalue weighted by Crippen LogP contribution is -2.60. The molecule has 1 unspecified atom stereocenters. The number of nitrogens with zero attached hydrogens (tertiary/aromatic N) is 1. The van der Waals surface area contributed by atoms with Crippen molar-refractivity contribution in [3.8, 4) is 0 Å². The lowest BCUT2D eigenvalue weighted by Gasteiger charge is -2.47.